The van der Waals surface area contributed by atoms with Crippen molar-refractivity contribution in [3.05, 3.63) is 65.2 Å². The van der Waals surface area contributed by atoms with Gasteiger partial charge in [0.1, 0.15) is 5.75 Å². The molecular formula is C24H31NO. The van der Waals surface area contributed by atoms with Gasteiger partial charge < -0.3 is 10.0 Å². The Bertz CT molecular complexity index is 741. The molecule has 2 aromatic carbocycles. The minimum atomic E-state index is 0.282. The van der Waals surface area contributed by atoms with Crippen LogP contribution in [0.25, 0.3) is 0 Å². The third-order valence-electron chi connectivity index (χ3n) is 6.78. The Hall–Kier alpha value is -1.80. The molecule has 2 heteroatoms. The van der Waals surface area contributed by atoms with Gasteiger partial charge in [0.2, 0.25) is 0 Å². The monoisotopic (exact) mass is 349 g/mol. The summed E-state index contributed by atoms with van der Waals surface area (Å²) in [5.74, 6) is 1.16. The van der Waals surface area contributed by atoms with Crippen LogP contribution in [0.4, 0.5) is 0 Å². The van der Waals surface area contributed by atoms with Crippen molar-refractivity contribution in [2.75, 3.05) is 19.6 Å². The number of aryl methyl sites for hydroxylation is 1. The Kier molecular flexibility index (Phi) is 5.04. The molecule has 1 aliphatic heterocycles. The summed E-state index contributed by atoms with van der Waals surface area (Å²) in [5, 5.41) is 10.1. The number of phenolic OH excluding ortho intramolecular Hbond substituents is 1. The van der Waals surface area contributed by atoms with Gasteiger partial charge in [-0.15, -0.1) is 0 Å². The van der Waals surface area contributed by atoms with Crippen molar-refractivity contribution >= 4 is 0 Å². The predicted molar refractivity (Wildman–Crippen MR) is 108 cm³/mol. The standard InChI is InChI=1S/C24H31NO/c1-2-13-24-14-16-25(15-12-19-6-4-3-5-7-19)18-21(24)10-8-20-9-11-22(26)17-23(20)24/h3-7,9,11,17,21,26H,2,8,10,12-16,18H2,1H3. The number of hydrogen-bond donors (Lipinski definition) is 1. The minimum Gasteiger partial charge on any atom is -0.508 e. The molecule has 0 spiro atoms. The van der Waals surface area contributed by atoms with Crippen LogP contribution in [0.2, 0.25) is 0 Å². The maximum absolute atomic E-state index is 10.1. The van der Waals surface area contributed by atoms with Gasteiger partial charge in [0.15, 0.2) is 0 Å². The molecule has 2 atom stereocenters. The largest absolute Gasteiger partial charge is 0.508 e. The van der Waals surface area contributed by atoms with Crippen molar-refractivity contribution in [1.29, 1.82) is 0 Å². The lowest BCUT2D eigenvalue weighted by atomic mass is 9.58. The molecule has 138 valence electrons. The molecule has 2 aromatic rings. The lowest BCUT2D eigenvalue weighted by Gasteiger charge is -2.52. The summed E-state index contributed by atoms with van der Waals surface area (Å²) in [7, 11) is 0. The number of aromatic hydroxyl groups is 1. The van der Waals surface area contributed by atoms with Crippen molar-refractivity contribution < 1.29 is 5.11 Å². The van der Waals surface area contributed by atoms with Gasteiger partial charge in [-0.05, 0) is 73.4 Å². The quantitative estimate of drug-likeness (QED) is 0.826. The number of fused-ring (bicyclic) bond motifs is 3. The van der Waals surface area contributed by atoms with E-state index in [0.717, 1.165) is 25.3 Å². The maximum Gasteiger partial charge on any atom is 0.115 e. The van der Waals surface area contributed by atoms with Gasteiger partial charge in [0.05, 0.1) is 0 Å². The average molecular weight is 350 g/mol. The van der Waals surface area contributed by atoms with Gasteiger partial charge in [-0.25, -0.2) is 0 Å². The van der Waals surface area contributed by atoms with E-state index in [0.29, 0.717) is 5.75 Å². The van der Waals surface area contributed by atoms with E-state index in [9.17, 15) is 5.11 Å². The van der Waals surface area contributed by atoms with E-state index in [4.69, 9.17) is 0 Å². The van der Waals surface area contributed by atoms with Crippen LogP contribution < -0.4 is 0 Å². The normalized spacial score (nSPS) is 25.5. The van der Waals surface area contributed by atoms with Crippen LogP contribution in [0.15, 0.2) is 48.5 Å². The Balaban J connectivity index is 1.52. The van der Waals surface area contributed by atoms with E-state index in [1.165, 1.54) is 55.5 Å². The fourth-order valence-electron chi connectivity index (χ4n) is 5.48. The van der Waals surface area contributed by atoms with Crippen LogP contribution >= 0.6 is 0 Å². The second-order valence-electron chi connectivity index (χ2n) is 8.27. The summed E-state index contributed by atoms with van der Waals surface area (Å²) in [5.41, 5.74) is 4.66. The van der Waals surface area contributed by atoms with Gasteiger partial charge in [-0.2, -0.15) is 0 Å². The van der Waals surface area contributed by atoms with Crippen molar-refractivity contribution in [3.8, 4) is 5.75 Å². The summed E-state index contributed by atoms with van der Waals surface area (Å²) in [6.45, 7) is 5.86. The summed E-state index contributed by atoms with van der Waals surface area (Å²) >= 11 is 0. The highest BCUT2D eigenvalue weighted by Crippen LogP contribution is 2.50. The van der Waals surface area contributed by atoms with Crippen LogP contribution in [0.5, 0.6) is 5.75 Å². The molecule has 0 aromatic heterocycles. The molecule has 0 saturated carbocycles. The first-order valence-corrected chi connectivity index (χ1v) is 10.3. The molecule has 4 rings (SSSR count). The van der Waals surface area contributed by atoms with E-state index >= 15 is 0 Å². The lowest BCUT2D eigenvalue weighted by molar-refractivity contribution is 0.0701. The zero-order valence-corrected chi connectivity index (χ0v) is 16.0. The first-order valence-electron chi connectivity index (χ1n) is 10.3. The molecule has 1 aliphatic carbocycles. The first-order chi connectivity index (χ1) is 12.7. The fraction of sp³-hybridized carbons (Fsp3) is 0.500. The Morgan fingerprint density at radius 2 is 2.00 bits per heavy atom. The SMILES string of the molecule is CCCC12CCN(CCc3ccccc3)CC1CCc1ccc(O)cc12. The fourth-order valence-corrected chi connectivity index (χ4v) is 5.48. The molecule has 2 aliphatic rings. The van der Waals surface area contributed by atoms with Gasteiger partial charge in [0, 0.05) is 18.5 Å². The molecule has 1 saturated heterocycles. The molecule has 0 amide bonds. The number of likely N-dealkylation sites (tertiary alicyclic amines) is 1. The summed E-state index contributed by atoms with van der Waals surface area (Å²) in [6.07, 6.45) is 7.30. The van der Waals surface area contributed by atoms with E-state index in [2.05, 4.69) is 54.3 Å². The summed E-state index contributed by atoms with van der Waals surface area (Å²) in [4.78, 5) is 2.68. The van der Waals surface area contributed by atoms with Crippen LogP contribution in [0.3, 0.4) is 0 Å². The number of piperidine rings is 1. The Morgan fingerprint density at radius 3 is 2.81 bits per heavy atom. The van der Waals surface area contributed by atoms with E-state index in [-0.39, 0.29) is 5.41 Å². The third kappa shape index (κ3) is 3.27. The second-order valence-corrected chi connectivity index (χ2v) is 8.27. The molecule has 26 heavy (non-hydrogen) atoms. The van der Waals surface area contributed by atoms with Gasteiger partial charge in [0.25, 0.3) is 0 Å². The lowest BCUT2D eigenvalue weighted by Crippen LogP contribution is -2.52. The van der Waals surface area contributed by atoms with Crippen molar-refractivity contribution in [2.24, 2.45) is 5.92 Å². The number of phenols is 1. The number of nitrogens with zero attached hydrogens (tertiary/aromatic N) is 1. The molecule has 1 fully saturated rings. The molecule has 1 heterocycles. The number of benzene rings is 2. The molecule has 0 radical (unpaired) electrons. The molecule has 2 nitrogen and oxygen atoms in total. The van der Waals surface area contributed by atoms with Crippen LogP contribution in [-0.4, -0.2) is 29.6 Å². The summed E-state index contributed by atoms with van der Waals surface area (Å²) < 4.78 is 0. The highest BCUT2D eigenvalue weighted by molar-refractivity contribution is 5.43. The van der Waals surface area contributed by atoms with E-state index in [1.807, 2.05) is 6.07 Å². The Morgan fingerprint density at radius 1 is 1.15 bits per heavy atom. The van der Waals surface area contributed by atoms with Crippen molar-refractivity contribution in [2.45, 2.75) is 50.9 Å². The van der Waals surface area contributed by atoms with Crippen LogP contribution in [0, 0.1) is 5.92 Å². The predicted octanol–water partition coefficient (Wildman–Crippen LogP) is 4.94. The molecule has 0 bridgehead atoms. The molecular weight excluding hydrogens is 318 g/mol. The topological polar surface area (TPSA) is 23.5 Å². The highest BCUT2D eigenvalue weighted by atomic mass is 16.3. The smallest absolute Gasteiger partial charge is 0.115 e. The van der Waals surface area contributed by atoms with Crippen molar-refractivity contribution in [3.63, 3.8) is 0 Å². The van der Waals surface area contributed by atoms with Crippen LogP contribution in [0.1, 0.15) is 49.3 Å². The zero-order chi connectivity index (χ0) is 18.0. The van der Waals surface area contributed by atoms with Gasteiger partial charge >= 0.3 is 0 Å². The summed E-state index contributed by atoms with van der Waals surface area (Å²) in [6, 6.07) is 17.0. The van der Waals surface area contributed by atoms with Gasteiger partial charge in [-0.1, -0.05) is 49.7 Å². The van der Waals surface area contributed by atoms with Crippen molar-refractivity contribution in [1.82, 2.24) is 4.90 Å². The van der Waals surface area contributed by atoms with E-state index in [1.54, 1.807) is 0 Å². The molecule has 2 unspecified atom stereocenters. The second kappa shape index (κ2) is 7.44. The van der Waals surface area contributed by atoms with Crippen LogP contribution in [-0.2, 0) is 18.3 Å². The third-order valence-corrected chi connectivity index (χ3v) is 6.78. The number of hydrogen-bond acceptors (Lipinski definition) is 2. The first kappa shape index (κ1) is 17.6. The molecule has 1 N–H and O–H groups in total. The van der Waals surface area contributed by atoms with E-state index < -0.39 is 0 Å². The van der Waals surface area contributed by atoms with Gasteiger partial charge in [-0.3, -0.25) is 0 Å². The highest BCUT2D eigenvalue weighted by Gasteiger charge is 2.46. The maximum atomic E-state index is 10.1. The average Bonchev–Trinajstić information content (AvgIpc) is 2.67. The number of rotatable bonds is 5. The Labute approximate surface area is 157 Å². The minimum absolute atomic E-state index is 0.282. The zero-order valence-electron chi connectivity index (χ0n) is 16.0.